The number of hydrogen-bond acceptors (Lipinski definition) is 4. The third-order valence-corrected chi connectivity index (χ3v) is 1.55. The van der Waals surface area contributed by atoms with Gasteiger partial charge in [-0.05, 0) is 19.8 Å². The van der Waals surface area contributed by atoms with Crippen LogP contribution in [0.15, 0.2) is 0 Å². The summed E-state index contributed by atoms with van der Waals surface area (Å²) >= 11 is 0. The number of carbonyl (C=O) groups excluding carboxylic acids is 2. The van der Waals surface area contributed by atoms with Gasteiger partial charge < -0.3 is 14.8 Å². The van der Waals surface area contributed by atoms with Crippen LogP contribution in [0.4, 0.5) is 4.79 Å². The molecule has 1 N–H and O–H groups in total. The van der Waals surface area contributed by atoms with Gasteiger partial charge in [0.15, 0.2) is 0 Å². The smallest absolute Gasteiger partial charge is 0.408 e. The number of carbonyl (C=O) groups is 2. The number of hydrogen-bond donors (Lipinski definition) is 1. The molecule has 0 aliphatic heterocycles. The topological polar surface area (TPSA) is 64.6 Å². The standard InChI is InChI=1S/C12H19NO4/c1-5-16-11(14)7-6-10(4)13-12(15)17-8-9(2)3/h9-10H,5,8H2,1-4H3,(H,13,15)/t10-/m0/s1. The molecule has 0 bridgehead atoms. The molecule has 0 saturated heterocycles. The van der Waals surface area contributed by atoms with Gasteiger partial charge in [-0.2, -0.15) is 0 Å². The molecule has 0 aromatic rings. The minimum Gasteiger partial charge on any atom is -0.456 e. The fourth-order valence-electron chi connectivity index (χ4n) is 0.831. The van der Waals surface area contributed by atoms with E-state index in [2.05, 4.69) is 21.9 Å². The van der Waals surface area contributed by atoms with Gasteiger partial charge >= 0.3 is 12.1 Å². The SMILES string of the molecule is CCOC(=O)C#C[C@H](C)NC(=O)OCC(C)C. The van der Waals surface area contributed by atoms with Crippen molar-refractivity contribution < 1.29 is 19.1 Å². The average molecular weight is 241 g/mol. The molecular formula is C12H19NO4. The molecule has 0 heterocycles. The van der Waals surface area contributed by atoms with E-state index in [1.165, 1.54) is 0 Å². The Morgan fingerprint density at radius 1 is 1.24 bits per heavy atom. The lowest BCUT2D eigenvalue weighted by molar-refractivity contribution is -0.136. The first-order chi connectivity index (χ1) is 7.95. The summed E-state index contributed by atoms with van der Waals surface area (Å²) in [4.78, 5) is 22.1. The molecule has 0 radical (unpaired) electrons. The molecule has 0 unspecified atom stereocenters. The largest absolute Gasteiger partial charge is 0.456 e. The van der Waals surface area contributed by atoms with Crippen molar-refractivity contribution in [3.63, 3.8) is 0 Å². The van der Waals surface area contributed by atoms with E-state index < -0.39 is 18.1 Å². The summed E-state index contributed by atoms with van der Waals surface area (Å²) < 4.78 is 9.51. The predicted molar refractivity (Wildman–Crippen MR) is 63.2 cm³/mol. The maximum atomic E-state index is 11.2. The van der Waals surface area contributed by atoms with Crippen LogP contribution in [-0.4, -0.2) is 31.3 Å². The Labute approximate surface area is 102 Å². The Morgan fingerprint density at radius 3 is 2.41 bits per heavy atom. The molecule has 0 fully saturated rings. The first-order valence-corrected chi connectivity index (χ1v) is 5.57. The Kier molecular flexibility index (Phi) is 7.61. The van der Waals surface area contributed by atoms with E-state index in [1.54, 1.807) is 13.8 Å². The zero-order valence-corrected chi connectivity index (χ0v) is 10.7. The van der Waals surface area contributed by atoms with Crippen molar-refractivity contribution in [2.45, 2.75) is 33.7 Å². The molecule has 0 spiro atoms. The summed E-state index contributed by atoms with van der Waals surface area (Å²) in [6.45, 7) is 7.87. The number of nitrogens with one attached hydrogen (secondary N) is 1. The van der Waals surface area contributed by atoms with Crippen LogP contribution in [0.3, 0.4) is 0 Å². The highest BCUT2D eigenvalue weighted by Crippen LogP contribution is 1.93. The van der Waals surface area contributed by atoms with E-state index in [4.69, 9.17) is 4.74 Å². The number of rotatable bonds is 4. The molecule has 0 aromatic carbocycles. The van der Waals surface area contributed by atoms with Gasteiger partial charge in [0.2, 0.25) is 0 Å². The summed E-state index contributed by atoms with van der Waals surface area (Å²) in [5.41, 5.74) is 0. The predicted octanol–water partition coefficient (Wildman–Crippen LogP) is 1.32. The van der Waals surface area contributed by atoms with Gasteiger partial charge in [0.05, 0.1) is 19.3 Å². The van der Waals surface area contributed by atoms with E-state index in [9.17, 15) is 9.59 Å². The summed E-state index contributed by atoms with van der Waals surface area (Å²) in [6, 6.07) is -0.459. The van der Waals surface area contributed by atoms with Gasteiger partial charge in [-0.3, -0.25) is 0 Å². The first kappa shape index (κ1) is 15.3. The summed E-state index contributed by atoms with van der Waals surface area (Å²) in [7, 11) is 0. The van der Waals surface area contributed by atoms with Gasteiger partial charge in [-0.15, -0.1) is 0 Å². The minimum atomic E-state index is -0.600. The summed E-state index contributed by atoms with van der Waals surface area (Å²) in [6.07, 6.45) is -0.538. The van der Waals surface area contributed by atoms with Crippen molar-refractivity contribution in [1.29, 1.82) is 0 Å². The summed E-state index contributed by atoms with van der Waals surface area (Å²) in [5, 5.41) is 2.49. The van der Waals surface area contributed by atoms with Crippen LogP contribution in [0.25, 0.3) is 0 Å². The molecule has 5 nitrogen and oxygen atoms in total. The quantitative estimate of drug-likeness (QED) is 0.458. The van der Waals surface area contributed by atoms with Crippen LogP contribution in [0.1, 0.15) is 27.7 Å². The van der Waals surface area contributed by atoms with Crippen LogP contribution < -0.4 is 5.32 Å². The third kappa shape index (κ3) is 9.24. The van der Waals surface area contributed by atoms with Gasteiger partial charge in [0.1, 0.15) is 0 Å². The lowest BCUT2D eigenvalue weighted by Gasteiger charge is -2.10. The number of ether oxygens (including phenoxy) is 2. The fourth-order valence-corrected chi connectivity index (χ4v) is 0.831. The van der Waals surface area contributed by atoms with Gasteiger partial charge in [0, 0.05) is 5.92 Å². The monoisotopic (exact) mass is 241 g/mol. The second kappa shape index (κ2) is 8.45. The number of alkyl carbamates (subject to hydrolysis) is 1. The molecule has 0 aromatic heterocycles. The minimum absolute atomic E-state index is 0.279. The molecule has 0 saturated carbocycles. The first-order valence-electron chi connectivity index (χ1n) is 5.57. The van der Waals surface area contributed by atoms with Crippen LogP contribution in [0, 0.1) is 17.8 Å². The number of amides is 1. The Hall–Kier alpha value is -1.70. The van der Waals surface area contributed by atoms with Gasteiger partial charge in [-0.25, -0.2) is 9.59 Å². The molecule has 0 aliphatic carbocycles. The van der Waals surface area contributed by atoms with Crippen molar-refractivity contribution >= 4 is 12.1 Å². The molecule has 17 heavy (non-hydrogen) atoms. The second-order valence-corrected chi connectivity index (χ2v) is 3.85. The Balaban J connectivity index is 3.96. The zero-order valence-electron chi connectivity index (χ0n) is 10.7. The zero-order chi connectivity index (χ0) is 13.3. The highest BCUT2D eigenvalue weighted by Gasteiger charge is 2.06. The van der Waals surface area contributed by atoms with E-state index >= 15 is 0 Å². The van der Waals surface area contributed by atoms with Crippen molar-refractivity contribution in [2.75, 3.05) is 13.2 Å². The molecule has 0 aliphatic rings. The van der Waals surface area contributed by atoms with E-state index in [0.29, 0.717) is 6.61 Å². The van der Waals surface area contributed by atoms with E-state index in [-0.39, 0.29) is 12.5 Å². The van der Waals surface area contributed by atoms with E-state index in [1.807, 2.05) is 13.8 Å². The highest BCUT2D eigenvalue weighted by molar-refractivity contribution is 5.88. The van der Waals surface area contributed by atoms with Crippen LogP contribution >= 0.6 is 0 Å². The number of esters is 1. The normalized spacial score (nSPS) is 11.1. The molecular weight excluding hydrogens is 222 g/mol. The molecule has 0 rings (SSSR count). The van der Waals surface area contributed by atoms with Crippen molar-refractivity contribution in [1.82, 2.24) is 5.32 Å². The fraction of sp³-hybridized carbons (Fsp3) is 0.667. The second-order valence-electron chi connectivity index (χ2n) is 3.85. The Morgan fingerprint density at radius 2 is 1.88 bits per heavy atom. The molecule has 5 heteroatoms. The van der Waals surface area contributed by atoms with Crippen LogP contribution in [0.2, 0.25) is 0 Å². The van der Waals surface area contributed by atoms with Crippen LogP contribution in [0.5, 0.6) is 0 Å². The molecule has 1 amide bonds. The lowest BCUT2D eigenvalue weighted by atomic mass is 10.2. The Bertz CT molecular complexity index is 314. The van der Waals surface area contributed by atoms with E-state index in [0.717, 1.165) is 0 Å². The van der Waals surface area contributed by atoms with Crippen molar-refractivity contribution in [3.8, 4) is 11.8 Å². The van der Waals surface area contributed by atoms with Crippen molar-refractivity contribution in [3.05, 3.63) is 0 Å². The third-order valence-electron chi connectivity index (χ3n) is 1.55. The molecule has 1 atom stereocenters. The van der Waals surface area contributed by atoms with Crippen molar-refractivity contribution in [2.24, 2.45) is 5.92 Å². The highest BCUT2D eigenvalue weighted by atomic mass is 16.5. The maximum absolute atomic E-state index is 11.2. The molecule has 96 valence electrons. The maximum Gasteiger partial charge on any atom is 0.408 e. The van der Waals surface area contributed by atoms with Gasteiger partial charge in [0.25, 0.3) is 0 Å². The van der Waals surface area contributed by atoms with Gasteiger partial charge in [-0.1, -0.05) is 19.8 Å². The van der Waals surface area contributed by atoms with Crippen LogP contribution in [-0.2, 0) is 14.3 Å². The average Bonchev–Trinajstić information content (AvgIpc) is 2.24. The summed E-state index contributed by atoms with van der Waals surface area (Å²) in [5.74, 6) is 4.50. The lowest BCUT2D eigenvalue weighted by Crippen LogP contribution is -2.32.